The Balaban J connectivity index is 1.94. The molecule has 1 fully saturated rings. The molecular formula is C25H36N2O6S. The summed E-state index contributed by atoms with van der Waals surface area (Å²) in [6, 6.07) is 8.03. The average Bonchev–Trinajstić information content (AvgIpc) is 3.12. The van der Waals surface area contributed by atoms with E-state index in [1.54, 1.807) is 0 Å². The van der Waals surface area contributed by atoms with Crippen molar-refractivity contribution in [2.75, 3.05) is 11.5 Å². The minimum Gasteiger partial charge on any atom is -0.459 e. The van der Waals surface area contributed by atoms with Crippen molar-refractivity contribution < 1.29 is 28.7 Å². The molecule has 0 spiro atoms. The van der Waals surface area contributed by atoms with E-state index in [4.69, 9.17) is 9.47 Å². The maximum absolute atomic E-state index is 13.0. The van der Waals surface area contributed by atoms with Crippen LogP contribution in [0.25, 0.3) is 0 Å². The van der Waals surface area contributed by atoms with E-state index in [0.717, 1.165) is 10.5 Å². The molecule has 34 heavy (non-hydrogen) atoms. The summed E-state index contributed by atoms with van der Waals surface area (Å²) in [5.41, 5.74) is 0.249. The summed E-state index contributed by atoms with van der Waals surface area (Å²) >= 11 is 1.39. The first kappa shape index (κ1) is 27.7. The van der Waals surface area contributed by atoms with Crippen molar-refractivity contribution in [2.45, 2.75) is 78.2 Å². The van der Waals surface area contributed by atoms with Gasteiger partial charge < -0.3 is 14.8 Å². The molecular weight excluding hydrogens is 456 g/mol. The van der Waals surface area contributed by atoms with E-state index < -0.39 is 23.6 Å². The lowest BCUT2D eigenvalue weighted by molar-refractivity contribution is -0.151. The van der Waals surface area contributed by atoms with Crippen LogP contribution < -0.4 is 5.32 Å². The predicted molar refractivity (Wildman–Crippen MR) is 131 cm³/mol. The van der Waals surface area contributed by atoms with Gasteiger partial charge in [0.2, 0.25) is 11.8 Å². The van der Waals surface area contributed by atoms with Crippen molar-refractivity contribution in [1.82, 2.24) is 10.2 Å². The van der Waals surface area contributed by atoms with Crippen LogP contribution in [-0.4, -0.2) is 58.0 Å². The SMILES string of the molecule is CC(C)C[C@@H](CSCC(=O)OC(C)(C)C)NC(=O)[C@@H]1CCC(=O)N1C(=O)OCc1ccccc1. The number of esters is 1. The van der Waals surface area contributed by atoms with E-state index in [-0.39, 0.29) is 43.1 Å². The lowest BCUT2D eigenvalue weighted by atomic mass is 10.0. The number of nitrogens with one attached hydrogen (secondary N) is 1. The molecule has 1 heterocycles. The Morgan fingerprint density at radius 2 is 1.85 bits per heavy atom. The second-order valence-electron chi connectivity index (χ2n) is 9.80. The highest BCUT2D eigenvalue weighted by Gasteiger charge is 2.41. The molecule has 0 aliphatic carbocycles. The fourth-order valence-corrected chi connectivity index (χ4v) is 4.49. The van der Waals surface area contributed by atoms with Gasteiger partial charge in [-0.3, -0.25) is 14.4 Å². The summed E-state index contributed by atoms with van der Waals surface area (Å²) in [6.07, 6.45) is 0.253. The number of carbonyl (C=O) groups is 4. The number of benzene rings is 1. The van der Waals surface area contributed by atoms with Crippen molar-refractivity contribution in [1.29, 1.82) is 0 Å². The van der Waals surface area contributed by atoms with Crippen LogP contribution in [0.5, 0.6) is 0 Å². The number of hydrogen-bond acceptors (Lipinski definition) is 7. The molecule has 1 N–H and O–H groups in total. The number of imide groups is 1. The lowest BCUT2D eigenvalue weighted by Crippen LogP contribution is -2.51. The minimum absolute atomic E-state index is 0.0229. The van der Waals surface area contributed by atoms with Crippen molar-refractivity contribution in [3.05, 3.63) is 35.9 Å². The fourth-order valence-electron chi connectivity index (χ4n) is 3.64. The van der Waals surface area contributed by atoms with E-state index in [2.05, 4.69) is 5.32 Å². The largest absolute Gasteiger partial charge is 0.459 e. The van der Waals surface area contributed by atoms with E-state index in [9.17, 15) is 19.2 Å². The number of hydrogen-bond donors (Lipinski definition) is 1. The van der Waals surface area contributed by atoms with Gasteiger partial charge in [0, 0.05) is 18.2 Å². The second kappa shape index (κ2) is 12.8. The molecule has 0 bridgehead atoms. The molecule has 8 nitrogen and oxygen atoms in total. The van der Waals surface area contributed by atoms with E-state index in [1.807, 2.05) is 65.0 Å². The van der Waals surface area contributed by atoms with Crippen LogP contribution in [0.3, 0.4) is 0 Å². The number of nitrogens with zero attached hydrogens (tertiary/aromatic N) is 1. The zero-order valence-corrected chi connectivity index (χ0v) is 21.5. The fraction of sp³-hybridized carbons (Fsp3) is 0.600. The smallest absolute Gasteiger partial charge is 0.417 e. The van der Waals surface area contributed by atoms with Gasteiger partial charge in [-0.1, -0.05) is 44.2 Å². The average molecular weight is 493 g/mol. The Bertz CT molecular complexity index is 853. The Labute approximate surface area is 206 Å². The molecule has 2 atom stereocenters. The lowest BCUT2D eigenvalue weighted by Gasteiger charge is -2.26. The molecule has 1 aromatic carbocycles. The Morgan fingerprint density at radius 3 is 2.47 bits per heavy atom. The Kier molecular flexibility index (Phi) is 10.4. The zero-order valence-electron chi connectivity index (χ0n) is 20.7. The third kappa shape index (κ3) is 9.37. The van der Waals surface area contributed by atoms with E-state index in [1.165, 1.54) is 11.8 Å². The van der Waals surface area contributed by atoms with Crippen molar-refractivity contribution in [2.24, 2.45) is 5.92 Å². The van der Waals surface area contributed by atoms with Crippen molar-refractivity contribution in [3.63, 3.8) is 0 Å². The maximum atomic E-state index is 13.0. The van der Waals surface area contributed by atoms with Crippen LogP contribution >= 0.6 is 11.8 Å². The van der Waals surface area contributed by atoms with Crippen LogP contribution in [0.1, 0.15) is 59.4 Å². The van der Waals surface area contributed by atoms with Crippen LogP contribution in [0.4, 0.5) is 4.79 Å². The summed E-state index contributed by atoms with van der Waals surface area (Å²) < 4.78 is 10.6. The normalized spacial score (nSPS) is 16.9. The molecule has 0 radical (unpaired) electrons. The summed E-state index contributed by atoms with van der Waals surface area (Å²) in [4.78, 5) is 50.9. The Hall–Kier alpha value is -2.55. The molecule has 0 aromatic heterocycles. The van der Waals surface area contributed by atoms with Gasteiger partial charge in [0.25, 0.3) is 0 Å². The first-order valence-corrected chi connectivity index (χ1v) is 12.7. The summed E-state index contributed by atoms with van der Waals surface area (Å²) in [7, 11) is 0. The van der Waals surface area contributed by atoms with Gasteiger partial charge >= 0.3 is 12.1 Å². The highest BCUT2D eigenvalue weighted by molar-refractivity contribution is 7.99. The molecule has 1 saturated heterocycles. The molecule has 1 aliphatic rings. The monoisotopic (exact) mass is 492 g/mol. The first-order chi connectivity index (χ1) is 16.0. The maximum Gasteiger partial charge on any atom is 0.417 e. The molecule has 9 heteroatoms. The molecule has 1 aliphatic heterocycles. The standard InChI is InChI=1S/C25H36N2O6S/c1-17(2)13-19(15-34-16-22(29)33-25(3,4)5)26-23(30)20-11-12-21(28)27(20)24(31)32-14-18-9-7-6-8-10-18/h6-10,17,19-20H,11-16H2,1-5H3,(H,26,30)/t19-,20-/m0/s1. The summed E-state index contributed by atoms with van der Waals surface area (Å²) in [6.45, 7) is 9.56. The van der Waals surface area contributed by atoms with Gasteiger partial charge in [-0.25, -0.2) is 9.69 Å². The van der Waals surface area contributed by atoms with Gasteiger partial charge in [-0.15, -0.1) is 11.8 Å². The number of likely N-dealkylation sites (tertiary alicyclic amines) is 1. The molecule has 0 saturated carbocycles. The van der Waals surface area contributed by atoms with Crippen LogP contribution in [0.2, 0.25) is 0 Å². The van der Waals surface area contributed by atoms with E-state index in [0.29, 0.717) is 18.1 Å². The Morgan fingerprint density at radius 1 is 1.18 bits per heavy atom. The molecule has 1 aromatic rings. The number of amides is 3. The predicted octanol–water partition coefficient (Wildman–Crippen LogP) is 3.92. The first-order valence-electron chi connectivity index (χ1n) is 11.6. The van der Waals surface area contributed by atoms with Crippen LogP contribution in [0.15, 0.2) is 30.3 Å². The molecule has 0 unspecified atom stereocenters. The molecule has 3 amide bonds. The van der Waals surface area contributed by atoms with E-state index >= 15 is 0 Å². The van der Waals surface area contributed by atoms with Gasteiger partial charge in [0.15, 0.2) is 0 Å². The number of rotatable bonds is 10. The van der Waals surface area contributed by atoms with Gasteiger partial charge in [-0.05, 0) is 45.1 Å². The number of thioether (sulfide) groups is 1. The minimum atomic E-state index is -0.902. The molecule has 2 rings (SSSR count). The third-order valence-corrected chi connectivity index (χ3v) is 6.06. The van der Waals surface area contributed by atoms with Crippen molar-refractivity contribution >= 4 is 35.6 Å². The summed E-state index contributed by atoms with van der Waals surface area (Å²) in [5.74, 6) is -0.0986. The van der Waals surface area contributed by atoms with Gasteiger partial charge in [0.05, 0.1) is 5.75 Å². The van der Waals surface area contributed by atoms with Crippen LogP contribution in [0, 0.1) is 5.92 Å². The highest BCUT2D eigenvalue weighted by Crippen LogP contribution is 2.22. The van der Waals surface area contributed by atoms with Crippen molar-refractivity contribution in [3.8, 4) is 0 Å². The highest BCUT2D eigenvalue weighted by atomic mass is 32.2. The quantitative estimate of drug-likeness (QED) is 0.494. The summed E-state index contributed by atoms with van der Waals surface area (Å²) in [5, 5.41) is 2.98. The van der Waals surface area contributed by atoms with Crippen LogP contribution in [-0.2, 0) is 30.5 Å². The third-order valence-electron chi connectivity index (χ3n) is 4.98. The van der Waals surface area contributed by atoms with Gasteiger partial charge in [-0.2, -0.15) is 0 Å². The molecule has 188 valence electrons. The zero-order chi connectivity index (χ0) is 25.3. The number of carbonyl (C=O) groups excluding carboxylic acids is 4. The number of ether oxygens (including phenoxy) is 2. The van der Waals surface area contributed by atoms with Gasteiger partial charge in [0.1, 0.15) is 18.2 Å². The topological polar surface area (TPSA) is 102 Å². The second-order valence-corrected chi connectivity index (χ2v) is 10.8.